The average Bonchev–Trinajstić information content (AvgIpc) is 2.80. The Morgan fingerprint density at radius 3 is 1.06 bits per heavy atom. The molecular formula is C30H61NaO2. The van der Waals surface area contributed by atoms with Crippen molar-refractivity contribution in [3.8, 4) is 0 Å². The van der Waals surface area contributed by atoms with Crippen molar-refractivity contribution in [2.24, 2.45) is 0 Å². The molecular weight excluding hydrogens is 415 g/mol. The van der Waals surface area contributed by atoms with E-state index in [2.05, 4.69) is 13.8 Å². The smallest absolute Gasteiger partial charge is 1.00 e. The van der Waals surface area contributed by atoms with Crippen LogP contribution in [0.4, 0.5) is 0 Å². The monoisotopic (exact) mass is 476 g/mol. The molecule has 0 aromatic rings. The largest absolute Gasteiger partial charge is 1.00 e. The van der Waals surface area contributed by atoms with Gasteiger partial charge in [-0.25, -0.2) is 0 Å². The molecule has 2 nitrogen and oxygen atoms in total. The van der Waals surface area contributed by atoms with Gasteiger partial charge < -0.3 is 6.16 Å². The Morgan fingerprint density at radius 2 is 0.727 bits per heavy atom. The molecule has 0 aliphatic rings. The van der Waals surface area contributed by atoms with Crippen LogP contribution < -0.4 is 29.6 Å². The normalized spacial score (nSPS) is 10.8. The van der Waals surface area contributed by atoms with E-state index in [9.17, 15) is 4.79 Å². The molecule has 0 aromatic carbocycles. The fourth-order valence-electron chi connectivity index (χ4n) is 4.49. The summed E-state index contributed by atoms with van der Waals surface area (Å²) in [4.78, 5) is 11.8. The average molecular weight is 477 g/mol. The van der Waals surface area contributed by atoms with Gasteiger partial charge in [0.25, 0.3) is 0 Å². The van der Waals surface area contributed by atoms with Crippen molar-refractivity contribution >= 4 is 5.97 Å². The molecule has 194 valence electrons. The predicted molar refractivity (Wildman–Crippen MR) is 143 cm³/mol. The first-order valence-corrected chi connectivity index (χ1v) is 15.0. The molecule has 0 spiro atoms. The number of esters is 1. The SMILES string of the molecule is CCCCCCCCCCCCCCCCCC(=O)OCCCCCCCCCCCC.[H-].[Na+]. The van der Waals surface area contributed by atoms with Crippen LogP contribution in [-0.4, -0.2) is 12.6 Å². The molecule has 0 unspecified atom stereocenters. The van der Waals surface area contributed by atoms with E-state index < -0.39 is 0 Å². The molecule has 3 heteroatoms. The van der Waals surface area contributed by atoms with Gasteiger partial charge in [-0.05, 0) is 12.8 Å². The van der Waals surface area contributed by atoms with Gasteiger partial charge in [-0.3, -0.25) is 4.79 Å². The minimum absolute atomic E-state index is 0. The van der Waals surface area contributed by atoms with Gasteiger partial charge in [0.05, 0.1) is 6.61 Å². The second kappa shape index (κ2) is 32.5. The molecule has 0 amide bonds. The molecule has 33 heavy (non-hydrogen) atoms. The topological polar surface area (TPSA) is 26.3 Å². The molecule has 0 bridgehead atoms. The number of rotatable bonds is 27. The predicted octanol–water partition coefficient (Wildman–Crippen LogP) is 7.83. The minimum atomic E-state index is 0. The van der Waals surface area contributed by atoms with Gasteiger partial charge in [-0.1, -0.05) is 162 Å². The first-order valence-electron chi connectivity index (χ1n) is 15.0. The zero-order valence-electron chi connectivity index (χ0n) is 24.4. The summed E-state index contributed by atoms with van der Waals surface area (Å²) in [6, 6.07) is 0. The summed E-state index contributed by atoms with van der Waals surface area (Å²) >= 11 is 0. The van der Waals surface area contributed by atoms with E-state index in [0.717, 1.165) is 12.8 Å². The fraction of sp³-hybridized carbons (Fsp3) is 0.967. The molecule has 0 N–H and O–H groups in total. The summed E-state index contributed by atoms with van der Waals surface area (Å²) in [6.45, 7) is 5.19. The van der Waals surface area contributed by atoms with Crippen LogP contribution in [0.3, 0.4) is 0 Å². The third kappa shape index (κ3) is 32.5. The van der Waals surface area contributed by atoms with Crippen LogP contribution in [0.1, 0.15) is 182 Å². The van der Waals surface area contributed by atoms with Crippen LogP contribution in [0, 0.1) is 0 Å². The zero-order valence-corrected chi connectivity index (χ0v) is 25.4. The van der Waals surface area contributed by atoms with Crippen LogP contribution in [-0.2, 0) is 9.53 Å². The number of hydrogen-bond acceptors (Lipinski definition) is 2. The Hall–Kier alpha value is 0.470. The van der Waals surface area contributed by atoms with Crippen molar-refractivity contribution < 1.29 is 40.5 Å². The molecule has 0 atom stereocenters. The van der Waals surface area contributed by atoms with Crippen LogP contribution in [0.5, 0.6) is 0 Å². The van der Waals surface area contributed by atoms with E-state index >= 15 is 0 Å². The van der Waals surface area contributed by atoms with Gasteiger partial charge in [0.2, 0.25) is 0 Å². The van der Waals surface area contributed by atoms with Gasteiger partial charge in [-0.2, -0.15) is 0 Å². The maximum atomic E-state index is 11.8. The standard InChI is InChI=1S/C30H60O2.Na.H/c1-3-5-7-9-11-13-15-16-17-18-19-20-22-24-26-28-30(31)32-29-27-25-23-21-14-12-10-8-6-4-2;;/h3-29H2,1-2H3;;/q;+1;-1. The molecule has 0 fully saturated rings. The van der Waals surface area contributed by atoms with Crippen molar-refractivity contribution in [2.45, 2.75) is 181 Å². The van der Waals surface area contributed by atoms with E-state index in [0.29, 0.717) is 13.0 Å². The molecule has 0 aliphatic heterocycles. The number of unbranched alkanes of at least 4 members (excludes halogenated alkanes) is 23. The maximum absolute atomic E-state index is 11.8. The van der Waals surface area contributed by atoms with E-state index in [-0.39, 0.29) is 37.0 Å². The Morgan fingerprint density at radius 1 is 0.455 bits per heavy atom. The van der Waals surface area contributed by atoms with E-state index in [1.165, 1.54) is 148 Å². The van der Waals surface area contributed by atoms with Gasteiger partial charge in [0.15, 0.2) is 0 Å². The summed E-state index contributed by atoms with van der Waals surface area (Å²) < 4.78 is 5.39. The van der Waals surface area contributed by atoms with Crippen molar-refractivity contribution in [1.82, 2.24) is 0 Å². The number of hydrogen-bond donors (Lipinski definition) is 0. The Labute approximate surface area is 232 Å². The van der Waals surface area contributed by atoms with Gasteiger partial charge in [0, 0.05) is 6.42 Å². The molecule has 0 aliphatic carbocycles. The Bertz CT molecular complexity index is 366. The quantitative estimate of drug-likeness (QED) is 0.0686. The summed E-state index contributed by atoms with van der Waals surface area (Å²) in [6.07, 6.45) is 34.2. The van der Waals surface area contributed by atoms with E-state index in [1.54, 1.807) is 0 Å². The van der Waals surface area contributed by atoms with Gasteiger partial charge >= 0.3 is 35.5 Å². The van der Waals surface area contributed by atoms with Gasteiger partial charge in [-0.15, -0.1) is 0 Å². The van der Waals surface area contributed by atoms with E-state index in [1.807, 2.05) is 0 Å². The molecule has 0 radical (unpaired) electrons. The third-order valence-corrected chi connectivity index (χ3v) is 6.75. The first-order chi connectivity index (χ1) is 15.8. The molecule has 0 heterocycles. The van der Waals surface area contributed by atoms with Crippen molar-refractivity contribution in [2.75, 3.05) is 6.61 Å². The number of carbonyl (C=O) groups is 1. The fourth-order valence-corrected chi connectivity index (χ4v) is 4.49. The Kier molecular flexibility index (Phi) is 35.1. The first kappa shape index (κ1) is 35.6. The van der Waals surface area contributed by atoms with Crippen molar-refractivity contribution in [1.29, 1.82) is 0 Å². The Balaban J connectivity index is -0.00000480. The second-order valence-corrected chi connectivity index (χ2v) is 10.1. The molecule has 0 saturated heterocycles. The molecule has 0 aromatic heterocycles. The summed E-state index contributed by atoms with van der Waals surface area (Å²) in [5.74, 6) is 0.0237. The third-order valence-electron chi connectivity index (χ3n) is 6.75. The molecule has 0 saturated carbocycles. The summed E-state index contributed by atoms with van der Waals surface area (Å²) in [5.41, 5.74) is 0. The summed E-state index contributed by atoms with van der Waals surface area (Å²) in [7, 11) is 0. The van der Waals surface area contributed by atoms with Crippen molar-refractivity contribution in [3.05, 3.63) is 0 Å². The second-order valence-electron chi connectivity index (χ2n) is 10.1. The summed E-state index contributed by atoms with van der Waals surface area (Å²) in [5, 5.41) is 0. The zero-order chi connectivity index (χ0) is 23.4. The van der Waals surface area contributed by atoms with Crippen molar-refractivity contribution in [3.63, 3.8) is 0 Å². The minimum Gasteiger partial charge on any atom is -1.00 e. The number of carbonyl (C=O) groups excluding carboxylic acids is 1. The van der Waals surface area contributed by atoms with Crippen LogP contribution in [0.15, 0.2) is 0 Å². The maximum Gasteiger partial charge on any atom is 1.00 e. The van der Waals surface area contributed by atoms with Crippen LogP contribution in [0.25, 0.3) is 0 Å². The van der Waals surface area contributed by atoms with Crippen LogP contribution in [0.2, 0.25) is 0 Å². The van der Waals surface area contributed by atoms with E-state index in [4.69, 9.17) is 4.74 Å². The molecule has 0 rings (SSSR count). The van der Waals surface area contributed by atoms with Crippen LogP contribution >= 0.6 is 0 Å². The van der Waals surface area contributed by atoms with Gasteiger partial charge in [0.1, 0.15) is 0 Å². The number of ether oxygens (including phenoxy) is 1.